The van der Waals surface area contributed by atoms with Crippen LogP contribution in [0.3, 0.4) is 0 Å². The van der Waals surface area contributed by atoms with Crippen LogP contribution in [0, 0.1) is 5.41 Å². The fourth-order valence-corrected chi connectivity index (χ4v) is 2.89. The van der Waals surface area contributed by atoms with Gasteiger partial charge in [0.05, 0.1) is 6.10 Å². The van der Waals surface area contributed by atoms with Crippen molar-refractivity contribution in [3.8, 4) is 0 Å². The highest BCUT2D eigenvalue weighted by Crippen LogP contribution is 2.45. The van der Waals surface area contributed by atoms with Crippen molar-refractivity contribution >= 4 is 0 Å². The molecule has 3 atom stereocenters. The van der Waals surface area contributed by atoms with E-state index in [2.05, 4.69) is 26.1 Å². The Hall–Kier alpha value is -0.120. The second-order valence-electron chi connectivity index (χ2n) is 5.60. The molecule has 3 heteroatoms. The minimum atomic E-state index is 0.336. The Labute approximate surface area is 113 Å². The van der Waals surface area contributed by atoms with Gasteiger partial charge in [-0.3, -0.25) is 0 Å². The van der Waals surface area contributed by atoms with E-state index in [0.29, 0.717) is 17.6 Å². The van der Waals surface area contributed by atoms with Gasteiger partial charge in [-0.05, 0) is 45.6 Å². The number of methoxy groups -OCH3 is 1. The topological polar surface area (TPSA) is 30.5 Å². The highest BCUT2D eigenvalue weighted by Gasteiger charge is 2.50. The van der Waals surface area contributed by atoms with E-state index in [0.717, 1.165) is 19.8 Å². The summed E-state index contributed by atoms with van der Waals surface area (Å²) >= 11 is 0. The van der Waals surface area contributed by atoms with Gasteiger partial charge in [0.25, 0.3) is 0 Å². The number of ether oxygens (including phenoxy) is 2. The summed E-state index contributed by atoms with van der Waals surface area (Å²) in [5.74, 6) is 0. The molecular weight excluding hydrogens is 226 g/mol. The van der Waals surface area contributed by atoms with Crippen molar-refractivity contribution in [2.45, 2.75) is 65.0 Å². The van der Waals surface area contributed by atoms with Crippen LogP contribution >= 0.6 is 0 Å². The normalized spacial score (nSPS) is 31.3. The van der Waals surface area contributed by atoms with Crippen LogP contribution in [0.15, 0.2) is 0 Å². The van der Waals surface area contributed by atoms with Crippen molar-refractivity contribution < 1.29 is 9.47 Å². The smallest absolute Gasteiger partial charge is 0.0658 e. The van der Waals surface area contributed by atoms with E-state index in [-0.39, 0.29) is 0 Å². The first-order chi connectivity index (χ1) is 8.69. The monoisotopic (exact) mass is 257 g/mol. The molecule has 1 N–H and O–H groups in total. The third-order valence-corrected chi connectivity index (χ3v) is 4.53. The third-order valence-electron chi connectivity index (χ3n) is 4.53. The summed E-state index contributed by atoms with van der Waals surface area (Å²) in [6.07, 6.45) is 6.51. The summed E-state index contributed by atoms with van der Waals surface area (Å²) in [7, 11) is 1.77. The van der Waals surface area contributed by atoms with Crippen LogP contribution in [0.25, 0.3) is 0 Å². The molecule has 3 nitrogen and oxygen atoms in total. The fourth-order valence-electron chi connectivity index (χ4n) is 2.89. The van der Waals surface area contributed by atoms with Crippen LogP contribution in [0.2, 0.25) is 0 Å². The van der Waals surface area contributed by atoms with Gasteiger partial charge in [-0.1, -0.05) is 13.8 Å². The van der Waals surface area contributed by atoms with Gasteiger partial charge in [-0.15, -0.1) is 0 Å². The van der Waals surface area contributed by atoms with Gasteiger partial charge in [0.15, 0.2) is 0 Å². The summed E-state index contributed by atoms with van der Waals surface area (Å²) in [5, 5.41) is 3.71. The van der Waals surface area contributed by atoms with Crippen LogP contribution in [0.5, 0.6) is 0 Å². The summed E-state index contributed by atoms with van der Waals surface area (Å²) < 4.78 is 10.9. The maximum Gasteiger partial charge on any atom is 0.0658 e. The van der Waals surface area contributed by atoms with Gasteiger partial charge >= 0.3 is 0 Å². The van der Waals surface area contributed by atoms with E-state index < -0.39 is 0 Å². The molecule has 0 heterocycles. The van der Waals surface area contributed by atoms with Gasteiger partial charge in [-0.2, -0.15) is 0 Å². The second kappa shape index (κ2) is 8.13. The van der Waals surface area contributed by atoms with E-state index in [4.69, 9.17) is 9.47 Å². The first kappa shape index (κ1) is 15.9. The molecule has 1 rings (SSSR count). The summed E-state index contributed by atoms with van der Waals surface area (Å²) in [6, 6.07) is 0.640. The fraction of sp³-hybridized carbons (Fsp3) is 1.00. The number of unbranched alkanes of at least 4 members (excludes halogenated alkanes) is 2. The molecular formula is C15H31NO2. The van der Waals surface area contributed by atoms with Crippen LogP contribution < -0.4 is 5.32 Å². The second-order valence-corrected chi connectivity index (χ2v) is 5.60. The van der Waals surface area contributed by atoms with Crippen LogP contribution in [-0.4, -0.2) is 39.0 Å². The predicted molar refractivity (Wildman–Crippen MR) is 75.9 cm³/mol. The van der Waals surface area contributed by atoms with E-state index in [1.165, 1.54) is 32.1 Å². The zero-order chi connectivity index (χ0) is 13.4. The lowest BCUT2D eigenvalue weighted by molar-refractivity contribution is -0.125. The minimum absolute atomic E-state index is 0.336. The molecule has 0 spiro atoms. The highest BCUT2D eigenvalue weighted by molar-refractivity contribution is 5.04. The zero-order valence-electron chi connectivity index (χ0n) is 12.6. The average Bonchev–Trinajstić information content (AvgIpc) is 2.39. The first-order valence-corrected chi connectivity index (χ1v) is 7.53. The van der Waals surface area contributed by atoms with Gasteiger partial charge in [0, 0.05) is 31.8 Å². The van der Waals surface area contributed by atoms with E-state index >= 15 is 0 Å². The average molecular weight is 257 g/mol. The van der Waals surface area contributed by atoms with Crippen molar-refractivity contribution in [1.29, 1.82) is 0 Å². The van der Waals surface area contributed by atoms with Crippen molar-refractivity contribution in [3.63, 3.8) is 0 Å². The molecule has 3 unspecified atom stereocenters. The molecule has 1 aliphatic rings. The number of hydrogen-bond donors (Lipinski definition) is 1. The molecule has 0 aromatic carbocycles. The van der Waals surface area contributed by atoms with Crippen molar-refractivity contribution in [3.05, 3.63) is 0 Å². The highest BCUT2D eigenvalue weighted by atomic mass is 16.5. The molecule has 18 heavy (non-hydrogen) atoms. The Morgan fingerprint density at radius 2 is 2.00 bits per heavy atom. The quantitative estimate of drug-likeness (QED) is 0.610. The third kappa shape index (κ3) is 3.94. The first-order valence-electron chi connectivity index (χ1n) is 7.53. The Bertz CT molecular complexity index is 223. The molecule has 1 saturated carbocycles. The van der Waals surface area contributed by atoms with Crippen LogP contribution in [0.1, 0.15) is 52.9 Å². The summed E-state index contributed by atoms with van der Waals surface area (Å²) in [5.41, 5.74) is 0.336. The van der Waals surface area contributed by atoms with E-state index in [1.54, 1.807) is 7.11 Å². The maximum atomic E-state index is 5.82. The Morgan fingerprint density at radius 3 is 2.61 bits per heavy atom. The van der Waals surface area contributed by atoms with Crippen molar-refractivity contribution in [2.75, 3.05) is 26.9 Å². The number of hydrogen-bond acceptors (Lipinski definition) is 3. The molecule has 108 valence electrons. The van der Waals surface area contributed by atoms with Crippen molar-refractivity contribution in [2.24, 2.45) is 5.41 Å². The molecule has 0 radical (unpaired) electrons. The molecule has 0 bridgehead atoms. The molecule has 1 aliphatic carbocycles. The lowest BCUT2D eigenvalue weighted by Crippen LogP contribution is -2.62. The lowest BCUT2D eigenvalue weighted by atomic mass is 9.61. The van der Waals surface area contributed by atoms with Crippen LogP contribution in [-0.2, 0) is 9.47 Å². The Kier molecular flexibility index (Phi) is 7.20. The van der Waals surface area contributed by atoms with E-state index in [1.807, 2.05) is 0 Å². The predicted octanol–water partition coefficient (Wildman–Crippen LogP) is 2.99. The van der Waals surface area contributed by atoms with Crippen molar-refractivity contribution in [1.82, 2.24) is 5.32 Å². The standard InChI is InChI=1S/C15H31NO2/c1-5-15(3)13(12-14(15)18-6-2)16-10-8-7-9-11-17-4/h13-14,16H,5-12H2,1-4H3. The molecule has 1 fully saturated rings. The van der Waals surface area contributed by atoms with Gasteiger partial charge in [0.2, 0.25) is 0 Å². The van der Waals surface area contributed by atoms with Gasteiger partial charge in [0.1, 0.15) is 0 Å². The lowest BCUT2D eigenvalue weighted by Gasteiger charge is -2.53. The molecule has 0 amide bonds. The Morgan fingerprint density at radius 1 is 1.22 bits per heavy atom. The largest absolute Gasteiger partial charge is 0.385 e. The number of rotatable bonds is 10. The summed E-state index contributed by atoms with van der Waals surface area (Å²) in [4.78, 5) is 0. The van der Waals surface area contributed by atoms with Crippen LogP contribution in [0.4, 0.5) is 0 Å². The Balaban J connectivity index is 2.15. The zero-order valence-corrected chi connectivity index (χ0v) is 12.6. The molecule has 0 saturated heterocycles. The maximum absolute atomic E-state index is 5.82. The SMILES string of the molecule is CCOC1CC(NCCCCCOC)C1(C)CC. The minimum Gasteiger partial charge on any atom is -0.385 e. The number of nitrogens with one attached hydrogen (secondary N) is 1. The van der Waals surface area contributed by atoms with Gasteiger partial charge in [-0.25, -0.2) is 0 Å². The molecule has 0 aromatic heterocycles. The van der Waals surface area contributed by atoms with E-state index in [9.17, 15) is 0 Å². The molecule has 0 aliphatic heterocycles. The van der Waals surface area contributed by atoms with Gasteiger partial charge < -0.3 is 14.8 Å². The summed E-state index contributed by atoms with van der Waals surface area (Å²) in [6.45, 7) is 9.58. The molecule has 0 aromatic rings.